The van der Waals surface area contributed by atoms with Crippen LogP contribution in [0.4, 0.5) is 0 Å². The summed E-state index contributed by atoms with van der Waals surface area (Å²) in [6.45, 7) is 1.96. The van der Waals surface area contributed by atoms with Crippen LogP contribution in [-0.4, -0.2) is 57.3 Å². The number of carboxylic acids is 1. The van der Waals surface area contributed by atoms with Gasteiger partial charge in [-0.3, -0.25) is 9.59 Å². The number of benzene rings is 1. The molecule has 0 spiro atoms. The number of nitrogens with one attached hydrogen (secondary N) is 1. The highest BCUT2D eigenvalue weighted by atomic mass is 32.2. The van der Waals surface area contributed by atoms with Crippen LogP contribution >= 0.6 is 11.8 Å². The monoisotopic (exact) mass is 390 g/mol. The molecule has 1 saturated heterocycles. The van der Waals surface area contributed by atoms with Crippen molar-refractivity contribution in [2.24, 2.45) is 5.92 Å². The molecule has 27 heavy (non-hydrogen) atoms. The standard InChI is InChI=1S/C19H22N2O5S/c1-11(22)16-13-10-14(17(19(25)26)21(13)18(16)24)27-8-7-20-15(23)9-12-5-3-2-4-6-12/h2-6,11,13,16,22H,7-10H2,1H3,(H,20,23)(H,25,26)/t11-,13-,16-/m1/s1. The largest absolute Gasteiger partial charge is 0.477 e. The molecule has 2 aliphatic heterocycles. The van der Waals surface area contributed by atoms with Crippen LogP contribution in [0.2, 0.25) is 0 Å². The molecule has 0 bridgehead atoms. The van der Waals surface area contributed by atoms with Crippen LogP contribution in [0, 0.1) is 5.92 Å². The second-order valence-corrected chi connectivity index (χ2v) is 7.87. The molecule has 144 valence electrons. The molecule has 1 aromatic rings. The fraction of sp³-hybridized carbons (Fsp3) is 0.421. The Labute approximate surface area is 161 Å². The predicted octanol–water partition coefficient (Wildman–Crippen LogP) is 0.986. The minimum absolute atomic E-state index is 0.0162. The summed E-state index contributed by atoms with van der Waals surface area (Å²) in [7, 11) is 0. The van der Waals surface area contributed by atoms with Gasteiger partial charge in [-0.2, -0.15) is 0 Å². The van der Waals surface area contributed by atoms with Gasteiger partial charge in [0.25, 0.3) is 0 Å². The third kappa shape index (κ3) is 4.01. The van der Waals surface area contributed by atoms with Crippen molar-refractivity contribution < 1.29 is 24.6 Å². The average Bonchev–Trinajstić information content (AvgIpc) is 2.93. The number of carboxylic acid groups (broad SMARTS) is 1. The third-order valence-corrected chi connectivity index (χ3v) is 5.92. The molecule has 1 fully saturated rings. The zero-order valence-corrected chi connectivity index (χ0v) is 15.7. The Hall–Kier alpha value is -2.32. The molecule has 7 nitrogen and oxygen atoms in total. The van der Waals surface area contributed by atoms with Gasteiger partial charge in [-0.1, -0.05) is 30.3 Å². The summed E-state index contributed by atoms with van der Waals surface area (Å²) in [4.78, 5) is 37.6. The molecule has 3 N–H and O–H groups in total. The first-order valence-corrected chi connectivity index (χ1v) is 9.79. The fourth-order valence-electron chi connectivity index (χ4n) is 3.57. The van der Waals surface area contributed by atoms with Crippen molar-refractivity contribution in [1.29, 1.82) is 0 Å². The van der Waals surface area contributed by atoms with E-state index in [1.54, 1.807) is 6.92 Å². The van der Waals surface area contributed by atoms with Crippen LogP contribution in [0.3, 0.4) is 0 Å². The molecule has 8 heteroatoms. The van der Waals surface area contributed by atoms with Crippen LogP contribution in [0.1, 0.15) is 18.9 Å². The Bertz CT molecular complexity index is 778. The SMILES string of the molecule is C[C@@H](O)[C@H]1C(=O)N2C(C(=O)O)=C(SCCNC(=O)Cc3ccccc3)C[C@H]12. The highest BCUT2D eigenvalue weighted by Crippen LogP contribution is 2.46. The number of hydrogen-bond donors (Lipinski definition) is 3. The summed E-state index contributed by atoms with van der Waals surface area (Å²) >= 11 is 1.34. The smallest absolute Gasteiger partial charge is 0.353 e. The molecule has 0 aliphatic carbocycles. The highest BCUT2D eigenvalue weighted by molar-refractivity contribution is 8.03. The van der Waals surface area contributed by atoms with Crippen LogP contribution in [0.15, 0.2) is 40.9 Å². The van der Waals surface area contributed by atoms with Crippen molar-refractivity contribution >= 4 is 29.5 Å². The Morgan fingerprint density at radius 3 is 2.67 bits per heavy atom. The lowest BCUT2D eigenvalue weighted by Crippen LogP contribution is -2.61. The van der Waals surface area contributed by atoms with Gasteiger partial charge in [-0.15, -0.1) is 11.8 Å². The molecular formula is C19H22N2O5S. The van der Waals surface area contributed by atoms with Gasteiger partial charge < -0.3 is 20.4 Å². The van der Waals surface area contributed by atoms with E-state index in [-0.39, 0.29) is 23.6 Å². The van der Waals surface area contributed by atoms with Crippen LogP contribution in [-0.2, 0) is 20.8 Å². The van der Waals surface area contributed by atoms with Crippen LogP contribution in [0.5, 0.6) is 0 Å². The molecule has 2 heterocycles. The van der Waals surface area contributed by atoms with Crippen molar-refractivity contribution in [2.45, 2.75) is 31.9 Å². The second-order valence-electron chi connectivity index (χ2n) is 6.68. The molecule has 2 amide bonds. The molecule has 0 aromatic heterocycles. The van der Waals surface area contributed by atoms with Crippen LogP contribution in [0.25, 0.3) is 0 Å². The number of amides is 2. The number of aliphatic carboxylic acids is 1. The summed E-state index contributed by atoms with van der Waals surface area (Å²) in [6, 6.07) is 9.14. The summed E-state index contributed by atoms with van der Waals surface area (Å²) in [5.74, 6) is -1.58. The molecule has 3 rings (SSSR count). The van der Waals surface area contributed by atoms with Gasteiger partial charge in [0.05, 0.1) is 24.5 Å². The predicted molar refractivity (Wildman–Crippen MR) is 101 cm³/mol. The lowest BCUT2D eigenvalue weighted by molar-refractivity contribution is -0.161. The summed E-state index contributed by atoms with van der Waals surface area (Å²) in [5.41, 5.74) is 0.948. The lowest BCUT2D eigenvalue weighted by Gasteiger charge is -2.44. The molecule has 0 saturated carbocycles. The Kier molecular flexibility index (Phi) is 5.86. The first-order chi connectivity index (χ1) is 12.9. The van der Waals surface area contributed by atoms with E-state index in [1.807, 2.05) is 30.3 Å². The summed E-state index contributed by atoms with van der Waals surface area (Å²) < 4.78 is 0. The zero-order valence-electron chi connectivity index (χ0n) is 14.9. The van der Waals surface area contributed by atoms with Gasteiger partial charge in [-0.05, 0) is 12.5 Å². The van der Waals surface area contributed by atoms with E-state index in [1.165, 1.54) is 16.7 Å². The minimum atomic E-state index is -1.13. The number of carbonyl (C=O) groups is 3. The number of hydrogen-bond acceptors (Lipinski definition) is 5. The van der Waals surface area contributed by atoms with Crippen molar-refractivity contribution in [3.05, 3.63) is 46.5 Å². The maximum Gasteiger partial charge on any atom is 0.353 e. The van der Waals surface area contributed by atoms with Crippen molar-refractivity contribution in [2.75, 3.05) is 12.3 Å². The Morgan fingerprint density at radius 2 is 2.04 bits per heavy atom. The van der Waals surface area contributed by atoms with E-state index in [0.717, 1.165) is 5.56 Å². The number of rotatable bonds is 8. The van der Waals surface area contributed by atoms with E-state index in [9.17, 15) is 24.6 Å². The number of nitrogens with zero attached hydrogens (tertiary/aromatic N) is 1. The quantitative estimate of drug-likeness (QED) is 0.451. The number of thioether (sulfide) groups is 1. The van der Waals surface area contributed by atoms with E-state index in [0.29, 0.717) is 30.0 Å². The van der Waals surface area contributed by atoms with E-state index in [2.05, 4.69) is 5.32 Å². The number of aliphatic hydroxyl groups excluding tert-OH is 1. The summed E-state index contributed by atoms with van der Waals surface area (Å²) in [6.07, 6.45) is -0.0592. The summed E-state index contributed by atoms with van der Waals surface area (Å²) in [5, 5.41) is 22.0. The van der Waals surface area contributed by atoms with Gasteiger partial charge >= 0.3 is 5.97 Å². The number of aliphatic hydroxyl groups is 1. The maximum atomic E-state index is 12.1. The fourth-order valence-corrected chi connectivity index (χ4v) is 4.63. The van der Waals surface area contributed by atoms with Crippen molar-refractivity contribution in [1.82, 2.24) is 10.2 Å². The number of fused-ring (bicyclic) bond motifs is 1. The lowest BCUT2D eigenvalue weighted by atomic mass is 9.83. The Morgan fingerprint density at radius 1 is 1.33 bits per heavy atom. The zero-order chi connectivity index (χ0) is 19.6. The maximum absolute atomic E-state index is 12.1. The molecule has 2 aliphatic rings. The van der Waals surface area contributed by atoms with Gasteiger partial charge in [0.15, 0.2) is 0 Å². The molecule has 3 atom stereocenters. The minimum Gasteiger partial charge on any atom is -0.477 e. The topological polar surface area (TPSA) is 107 Å². The molecule has 0 radical (unpaired) electrons. The first kappa shape index (κ1) is 19.4. The van der Waals surface area contributed by atoms with Gasteiger partial charge in [0.2, 0.25) is 11.8 Å². The second kappa shape index (κ2) is 8.14. The van der Waals surface area contributed by atoms with Crippen LogP contribution < -0.4 is 5.32 Å². The number of β-lactam (4-membered cyclic amide) rings is 1. The van der Waals surface area contributed by atoms with Gasteiger partial charge in [0.1, 0.15) is 5.70 Å². The van der Waals surface area contributed by atoms with E-state index < -0.39 is 18.0 Å². The van der Waals surface area contributed by atoms with Crippen molar-refractivity contribution in [3.8, 4) is 0 Å². The molecule has 0 unspecified atom stereocenters. The first-order valence-electron chi connectivity index (χ1n) is 8.81. The average molecular weight is 390 g/mol. The molecular weight excluding hydrogens is 368 g/mol. The molecule has 1 aromatic carbocycles. The normalized spacial score (nSPS) is 22.3. The third-order valence-electron chi connectivity index (χ3n) is 4.80. The highest BCUT2D eigenvalue weighted by Gasteiger charge is 2.56. The van der Waals surface area contributed by atoms with Gasteiger partial charge in [0, 0.05) is 23.6 Å². The Balaban J connectivity index is 1.51. The number of carbonyl (C=O) groups excluding carboxylic acids is 2. The van der Waals surface area contributed by atoms with E-state index >= 15 is 0 Å². The van der Waals surface area contributed by atoms with E-state index in [4.69, 9.17) is 0 Å². The van der Waals surface area contributed by atoms with Crippen molar-refractivity contribution in [3.63, 3.8) is 0 Å². The van der Waals surface area contributed by atoms with Gasteiger partial charge in [-0.25, -0.2) is 4.79 Å².